The van der Waals surface area contributed by atoms with E-state index in [1.807, 2.05) is 19.1 Å². The number of hydrogen-bond acceptors (Lipinski definition) is 2. The van der Waals surface area contributed by atoms with E-state index in [1.54, 1.807) is 13.0 Å². The highest BCUT2D eigenvalue weighted by atomic mass is 16.1. The molecule has 0 unspecified atom stereocenters. The van der Waals surface area contributed by atoms with Crippen molar-refractivity contribution in [2.45, 2.75) is 27.7 Å². The lowest BCUT2D eigenvalue weighted by molar-refractivity contribution is -0.112. The van der Waals surface area contributed by atoms with E-state index in [0.29, 0.717) is 0 Å². The van der Waals surface area contributed by atoms with Crippen molar-refractivity contribution in [2.24, 2.45) is 0 Å². The van der Waals surface area contributed by atoms with Crippen LogP contribution in [0.4, 0.5) is 5.69 Å². The number of aryl methyl sites for hydroxylation is 1. The van der Waals surface area contributed by atoms with Crippen LogP contribution in [0, 0.1) is 13.8 Å². The van der Waals surface area contributed by atoms with E-state index in [9.17, 15) is 4.79 Å². The highest BCUT2D eigenvalue weighted by Crippen LogP contribution is 2.19. The number of carbonyl (C=O) groups excluding carboxylic acids is 1. The number of allylic oxidation sites excluding steroid dienone is 2. The molecule has 1 aromatic carbocycles. The van der Waals surface area contributed by atoms with Gasteiger partial charge in [-0.1, -0.05) is 12.1 Å². The number of nitrogens with one attached hydrogen (secondary N) is 1. The summed E-state index contributed by atoms with van der Waals surface area (Å²) in [5, 5.41) is 3.22. The third-order valence-corrected chi connectivity index (χ3v) is 2.36. The molecule has 1 aromatic rings. The molecule has 0 aliphatic carbocycles. The number of hydrogen-bond donors (Lipinski definition) is 1. The van der Waals surface area contributed by atoms with Crippen molar-refractivity contribution in [1.29, 1.82) is 0 Å². The molecule has 80 valence electrons. The lowest BCUT2D eigenvalue weighted by atomic mass is 10.1. The first-order valence-electron chi connectivity index (χ1n) is 5.03. The van der Waals surface area contributed by atoms with Gasteiger partial charge in [0.25, 0.3) is 0 Å². The summed E-state index contributed by atoms with van der Waals surface area (Å²) >= 11 is 0. The minimum atomic E-state index is 0.0605. The van der Waals surface area contributed by atoms with Crippen LogP contribution in [0.25, 0.3) is 0 Å². The highest BCUT2D eigenvalue weighted by Gasteiger charge is 2.00. The van der Waals surface area contributed by atoms with Crippen LogP contribution in [0.2, 0.25) is 0 Å². The zero-order valence-corrected chi connectivity index (χ0v) is 9.72. The molecule has 0 amide bonds. The first-order valence-corrected chi connectivity index (χ1v) is 5.03. The maximum absolute atomic E-state index is 10.9. The van der Waals surface area contributed by atoms with Gasteiger partial charge in [0, 0.05) is 11.4 Å². The molecule has 0 aliphatic rings. The van der Waals surface area contributed by atoms with Gasteiger partial charge in [0.2, 0.25) is 0 Å². The molecule has 0 bridgehead atoms. The van der Waals surface area contributed by atoms with E-state index in [2.05, 4.69) is 25.2 Å². The summed E-state index contributed by atoms with van der Waals surface area (Å²) in [4.78, 5) is 10.9. The second-order valence-electron chi connectivity index (χ2n) is 3.81. The zero-order valence-electron chi connectivity index (χ0n) is 9.72. The van der Waals surface area contributed by atoms with Crippen LogP contribution in [0.3, 0.4) is 0 Å². The Bertz CT molecular complexity index is 405. The van der Waals surface area contributed by atoms with Gasteiger partial charge >= 0.3 is 0 Å². The lowest BCUT2D eigenvalue weighted by Crippen LogP contribution is -2.00. The molecule has 0 atom stereocenters. The molecule has 1 N–H and O–H groups in total. The Morgan fingerprint density at radius 1 is 1.27 bits per heavy atom. The lowest BCUT2D eigenvalue weighted by Gasteiger charge is -2.11. The van der Waals surface area contributed by atoms with Crippen molar-refractivity contribution >= 4 is 11.5 Å². The quantitative estimate of drug-likeness (QED) is 0.764. The summed E-state index contributed by atoms with van der Waals surface area (Å²) in [6.45, 7) is 7.58. The van der Waals surface area contributed by atoms with Crippen molar-refractivity contribution in [3.8, 4) is 0 Å². The smallest absolute Gasteiger partial charge is 0.154 e. The average Bonchev–Trinajstić information content (AvgIpc) is 2.11. The van der Waals surface area contributed by atoms with Crippen molar-refractivity contribution in [3.63, 3.8) is 0 Å². The normalized spacial score (nSPS) is 11.3. The fourth-order valence-electron chi connectivity index (χ4n) is 1.44. The van der Waals surface area contributed by atoms with Crippen molar-refractivity contribution in [2.75, 3.05) is 5.32 Å². The van der Waals surface area contributed by atoms with E-state index in [0.717, 1.165) is 11.4 Å². The van der Waals surface area contributed by atoms with Crippen LogP contribution in [-0.2, 0) is 4.79 Å². The first-order chi connectivity index (χ1) is 7.00. The van der Waals surface area contributed by atoms with E-state index >= 15 is 0 Å². The Morgan fingerprint density at radius 3 is 2.53 bits per heavy atom. The molecule has 0 aliphatic heterocycles. The topological polar surface area (TPSA) is 29.1 Å². The predicted molar refractivity (Wildman–Crippen MR) is 64.0 cm³/mol. The third-order valence-electron chi connectivity index (χ3n) is 2.36. The molecule has 0 aromatic heterocycles. The van der Waals surface area contributed by atoms with Gasteiger partial charge < -0.3 is 5.32 Å². The maximum Gasteiger partial charge on any atom is 0.154 e. The largest absolute Gasteiger partial charge is 0.359 e. The monoisotopic (exact) mass is 203 g/mol. The average molecular weight is 203 g/mol. The van der Waals surface area contributed by atoms with E-state index in [1.165, 1.54) is 11.1 Å². The summed E-state index contributed by atoms with van der Waals surface area (Å²) in [7, 11) is 0. The second-order valence-corrected chi connectivity index (χ2v) is 3.81. The molecule has 2 heteroatoms. The van der Waals surface area contributed by atoms with Gasteiger partial charge in [-0.15, -0.1) is 0 Å². The summed E-state index contributed by atoms with van der Waals surface area (Å²) in [5.41, 5.74) is 4.39. The SMILES string of the molecule is CC(=O)/C=C(/C)Nc1cccc(C)c1C. The maximum atomic E-state index is 10.9. The number of anilines is 1. The Labute approximate surface area is 91.0 Å². The van der Waals surface area contributed by atoms with Crippen LogP contribution in [-0.4, -0.2) is 5.78 Å². The molecule has 1 rings (SSSR count). The minimum absolute atomic E-state index is 0.0605. The molecule has 0 saturated heterocycles. The number of carbonyl (C=O) groups is 1. The summed E-state index contributed by atoms with van der Waals surface area (Å²) in [6.07, 6.45) is 1.60. The molecule has 0 saturated carbocycles. The Kier molecular flexibility index (Phi) is 3.67. The molecule has 15 heavy (non-hydrogen) atoms. The van der Waals surface area contributed by atoms with Crippen LogP contribution in [0.15, 0.2) is 30.0 Å². The third kappa shape index (κ3) is 3.24. The molecule has 0 radical (unpaired) electrons. The van der Waals surface area contributed by atoms with Crippen molar-refractivity contribution in [3.05, 3.63) is 41.1 Å². The molecule has 0 spiro atoms. The van der Waals surface area contributed by atoms with E-state index in [4.69, 9.17) is 0 Å². The molecular formula is C13H17NO. The van der Waals surface area contributed by atoms with Gasteiger partial charge in [-0.2, -0.15) is 0 Å². The summed E-state index contributed by atoms with van der Waals surface area (Å²) < 4.78 is 0. The fraction of sp³-hybridized carbons (Fsp3) is 0.308. The van der Waals surface area contributed by atoms with Gasteiger partial charge in [0.1, 0.15) is 0 Å². The van der Waals surface area contributed by atoms with Gasteiger partial charge in [-0.3, -0.25) is 4.79 Å². The van der Waals surface area contributed by atoms with E-state index < -0.39 is 0 Å². The summed E-state index contributed by atoms with van der Waals surface area (Å²) in [6, 6.07) is 6.09. The Morgan fingerprint density at radius 2 is 1.93 bits per heavy atom. The second kappa shape index (κ2) is 4.78. The van der Waals surface area contributed by atoms with Gasteiger partial charge in [-0.05, 0) is 51.0 Å². The Balaban J connectivity index is 2.90. The van der Waals surface area contributed by atoms with Crippen molar-refractivity contribution < 1.29 is 4.79 Å². The number of rotatable bonds is 3. The Hall–Kier alpha value is -1.57. The van der Waals surface area contributed by atoms with Crippen LogP contribution < -0.4 is 5.32 Å². The molecule has 0 fully saturated rings. The predicted octanol–water partition coefficient (Wildman–Crippen LogP) is 3.21. The fourth-order valence-corrected chi connectivity index (χ4v) is 1.44. The standard InChI is InChI=1S/C13H17NO/c1-9-6-5-7-13(12(9)4)14-10(2)8-11(3)15/h5-8,14H,1-4H3/b10-8-. The number of ketones is 1. The van der Waals surface area contributed by atoms with E-state index in [-0.39, 0.29) is 5.78 Å². The van der Waals surface area contributed by atoms with Crippen molar-refractivity contribution in [1.82, 2.24) is 0 Å². The van der Waals surface area contributed by atoms with Crippen LogP contribution >= 0.6 is 0 Å². The van der Waals surface area contributed by atoms with Gasteiger partial charge in [0.15, 0.2) is 5.78 Å². The zero-order chi connectivity index (χ0) is 11.4. The van der Waals surface area contributed by atoms with Crippen LogP contribution in [0.5, 0.6) is 0 Å². The van der Waals surface area contributed by atoms with Crippen LogP contribution in [0.1, 0.15) is 25.0 Å². The molecule has 0 heterocycles. The van der Waals surface area contributed by atoms with Gasteiger partial charge in [0.05, 0.1) is 0 Å². The molecular weight excluding hydrogens is 186 g/mol. The highest BCUT2D eigenvalue weighted by molar-refractivity contribution is 5.88. The first kappa shape index (κ1) is 11.5. The summed E-state index contributed by atoms with van der Waals surface area (Å²) in [5.74, 6) is 0.0605. The molecule has 2 nitrogen and oxygen atoms in total. The minimum Gasteiger partial charge on any atom is -0.359 e. The number of benzene rings is 1. The van der Waals surface area contributed by atoms with Gasteiger partial charge in [-0.25, -0.2) is 0 Å².